The van der Waals surface area contributed by atoms with Gasteiger partial charge in [-0.15, -0.1) is 28.4 Å². The van der Waals surface area contributed by atoms with Gasteiger partial charge in [-0.05, 0) is 34.0 Å². The molecule has 0 aliphatic rings. The first-order valence-electron chi connectivity index (χ1n) is 8.11. The Morgan fingerprint density at radius 2 is 0.960 bits per heavy atom. The molecule has 0 fully saturated rings. The molecule has 4 rings (SSSR count). The van der Waals surface area contributed by atoms with Crippen LogP contribution in [0.1, 0.15) is 20.9 Å². The molecule has 2 heteroatoms. The van der Waals surface area contributed by atoms with Crippen molar-refractivity contribution >= 4 is 33.8 Å². The molecule has 0 spiro atoms. The van der Waals surface area contributed by atoms with Gasteiger partial charge >= 0.3 is 0 Å². The monoisotopic (exact) mass is 356 g/mol. The Bertz CT molecular complexity index is 905. The first-order valence-corrected chi connectivity index (χ1v) is 9.87. The molecular formula is C23H16S2. The van der Waals surface area contributed by atoms with Gasteiger partial charge in [-0.1, -0.05) is 72.8 Å². The van der Waals surface area contributed by atoms with E-state index in [1.165, 1.54) is 20.9 Å². The molecule has 0 amide bonds. The SMILES string of the molecule is C(=C(c1ccccc1)c1cccs1)=C(c1ccccc1)c1cccs1. The van der Waals surface area contributed by atoms with E-state index in [4.69, 9.17) is 0 Å². The van der Waals surface area contributed by atoms with Crippen molar-refractivity contribution in [1.82, 2.24) is 0 Å². The first kappa shape index (κ1) is 15.9. The van der Waals surface area contributed by atoms with Crippen LogP contribution in [0.2, 0.25) is 0 Å². The number of hydrogen-bond donors (Lipinski definition) is 0. The molecule has 4 aromatic rings. The van der Waals surface area contributed by atoms with E-state index in [2.05, 4.69) is 101 Å². The molecule has 0 nitrogen and oxygen atoms in total. The van der Waals surface area contributed by atoms with E-state index < -0.39 is 0 Å². The van der Waals surface area contributed by atoms with Gasteiger partial charge in [0.25, 0.3) is 0 Å². The van der Waals surface area contributed by atoms with E-state index in [1.807, 2.05) is 0 Å². The van der Waals surface area contributed by atoms with Crippen molar-refractivity contribution in [3.63, 3.8) is 0 Å². The van der Waals surface area contributed by atoms with Gasteiger partial charge in [0.2, 0.25) is 0 Å². The maximum atomic E-state index is 3.75. The van der Waals surface area contributed by atoms with Crippen molar-refractivity contribution in [3.8, 4) is 0 Å². The van der Waals surface area contributed by atoms with Crippen LogP contribution in [0.3, 0.4) is 0 Å². The van der Waals surface area contributed by atoms with Crippen LogP contribution in [0.15, 0.2) is 101 Å². The smallest absolute Gasteiger partial charge is 0.0426 e. The molecule has 25 heavy (non-hydrogen) atoms. The van der Waals surface area contributed by atoms with E-state index in [0.717, 1.165) is 11.1 Å². The predicted octanol–water partition coefficient (Wildman–Crippen LogP) is 6.97. The fourth-order valence-corrected chi connectivity index (χ4v) is 4.22. The van der Waals surface area contributed by atoms with Crippen LogP contribution in [-0.2, 0) is 0 Å². The number of benzene rings is 2. The predicted molar refractivity (Wildman–Crippen MR) is 110 cm³/mol. The van der Waals surface area contributed by atoms with Gasteiger partial charge in [-0.3, -0.25) is 0 Å². The Hall–Kier alpha value is -2.64. The van der Waals surface area contributed by atoms with Crippen molar-refractivity contribution in [2.75, 3.05) is 0 Å². The van der Waals surface area contributed by atoms with Crippen LogP contribution in [0.5, 0.6) is 0 Å². The third kappa shape index (κ3) is 3.57. The second-order valence-electron chi connectivity index (χ2n) is 5.56. The van der Waals surface area contributed by atoms with Crippen LogP contribution >= 0.6 is 22.7 Å². The molecule has 2 aromatic heterocycles. The summed E-state index contributed by atoms with van der Waals surface area (Å²) in [6.45, 7) is 0. The molecular weight excluding hydrogens is 340 g/mol. The molecule has 120 valence electrons. The van der Waals surface area contributed by atoms with Crippen LogP contribution in [0.4, 0.5) is 0 Å². The Labute approximate surface area is 156 Å². The number of hydrogen-bond acceptors (Lipinski definition) is 2. The maximum absolute atomic E-state index is 3.75. The Morgan fingerprint density at radius 3 is 1.32 bits per heavy atom. The van der Waals surface area contributed by atoms with E-state index in [1.54, 1.807) is 22.7 Å². The van der Waals surface area contributed by atoms with Crippen molar-refractivity contribution in [2.24, 2.45) is 0 Å². The van der Waals surface area contributed by atoms with Crippen LogP contribution in [0, 0.1) is 0 Å². The fourth-order valence-electron chi connectivity index (χ4n) is 2.73. The average Bonchev–Trinajstić information content (AvgIpc) is 3.38. The summed E-state index contributed by atoms with van der Waals surface area (Å²) in [5.41, 5.74) is 8.41. The van der Waals surface area contributed by atoms with Crippen LogP contribution < -0.4 is 0 Å². The van der Waals surface area contributed by atoms with Crippen molar-refractivity contribution in [1.29, 1.82) is 0 Å². The molecule has 0 aliphatic heterocycles. The second kappa shape index (κ2) is 7.50. The molecule has 0 unspecified atom stereocenters. The average molecular weight is 357 g/mol. The lowest BCUT2D eigenvalue weighted by atomic mass is 10.00. The van der Waals surface area contributed by atoms with E-state index >= 15 is 0 Å². The molecule has 0 radical (unpaired) electrons. The lowest BCUT2D eigenvalue weighted by Crippen LogP contribution is -1.86. The molecule has 0 saturated heterocycles. The highest BCUT2D eigenvalue weighted by Crippen LogP contribution is 2.31. The molecule has 0 N–H and O–H groups in total. The summed E-state index contributed by atoms with van der Waals surface area (Å²) >= 11 is 3.50. The summed E-state index contributed by atoms with van der Waals surface area (Å²) in [6, 6.07) is 29.6. The normalized spacial score (nSPS) is 10.2. The van der Waals surface area contributed by atoms with Crippen LogP contribution in [-0.4, -0.2) is 0 Å². The van der Waals surface area contributed by atoms with Crippen molar-refractivity contribution in [3.05, 3.63) is 122 Å². The minimum atomic E-state index is 1.14. The topological polar surface area (TPSA) is 0 Å². The van der Waals surface area contributed by atoms with Gasteiger partial charge in [0.05, 0.1) is 0 Å². The fraction of sp³-hybridized carbons (Fsp3) is 0. The summed E-state index contributed by atoms with van der Waals surface area (Å²) in [5, 5.41) is 4.24. The third-order valence-corrected chi connectivity index (χ3v) is 5.68. The number of thiophene rings is 2. The Kier molecular flexibility index (Phi) is 4.76. The Morgan fingerprint density at radius 1 is 0.520 bits per heavy atom. The molecule has 0 bridgehead atoms. The van der Waals surface area contributed by atoms with Crippen LogP contribution in [0.25, 0.3) is 11.1 Å². The summed E-state index contributed by atoms with van der Waals surface area (Å²) < 4.78 is 0. The minimum absolute atomic E-state index is 1.14. The van der Waals surface area contributed by atoms with Gasteiger partial charge in [0.15, 0.2) is 0 Å². The van der Waals surface area contributed by atoms with Gasteiger partial charge in [0.1, 0.15) is 0 Å². The molecule has 0 aliphatic carbocycles. The third-order valence-electron chi connectivity index (χ3n) is 3.91. The van der Waals surface area contributed by atoms with Crippen molar-refractivity contribution < 1.29 is 0 Å². The Balaban J connectivity index is 2.03. The quantitative estimate of drug-likeness (QED) is 0.346. The van der Waals surface area contributed by atoms with E-state index in [9.17, 15) is 0 Å². The molecule has 2 heterocycles. The van der Waals surface area contributed by atoms with Gasteiger partial charge in [0, 0.05) is 20.9 Å². The lowest BCUT2D eigenvalue weighted by Gasteiger charge is -2.06. The summed E-state index contributed by atoms with van der Waals surface area (Å²) in [4.78, 5) is 2.47. The molecule has 2 aromatic carbocycles. The van der Waals surface area contributed by atoms with Gasteiger partial charge in [-0.2, -0.15) is 0 Å². The van der Waals surface area contributed by atoms with E-state index in [0.29, 0.717) is 0 Å². The summed E-state index contributed by atoms with van der Waals surface area (Å²) in [5.74, 6) is 0. The first-order chi connectivity index (χ1) is 12.4. The van der Waals surface area contributed by atoms with Gasteiger partial charge in [-0.25, -0.2) is 0 Å². The summed E-state index contributed by atoms with van der Waals surface area (Å²) in [6.07, 6.45) is 0. The van der Waals surface area contributed by atoms with Gasteiger partial charge < -0.3 is 0 Å². The zero-order valence-electron chi connectivity index (χ0n) is 13.6. The minimum Gasteiger partial charge on any atom is -0.143 e. The molecule has 0 saturated carbocycles. The highest BCUT2D eigenvalue weighted by Gasteiger charge is 2.09. The molecule has 0 atom stereocenters. The van der Waals surface area contributed by atoms with E-state index in [-0.39, 0.29) is 0 Å². The number of rotatable bonds is 4. The largest absolute Gasteiger partial charge is 0.143 e. The van der Waals surface area contributed by atoms with Crippen molar-refractivity contribution in [2.45, 2.75) is 0 Å². The highest BCUT2D eigenvalue weighted by atomic mass is 32.1. The zero-order valence-corrected chi connectivity index (χ0v) is 15.2. The summed E-state index contributed by atoms with van der Waals surface area (Å²) in [7, 11) is 0. The zero-order chi connectivity index (χ0) is 16.9. The highest BCUT2D eigenvalue weighted by molar-refractivity contribution is 7.11. The second-order valence-corrected chi connectivity index (χ2v) is 7.46. The lowest BCUT2D eigenvalue weighted by molar-refractivity contribution is 1.59. The standard InChI is InChI=1S/C23H16S2/c1-3-9-18(10-4-1)20(22-13-7-15-24-22)17-21(23-14-8-16-25-23)19-11-5-2-6-12-19/h1-16H. The maximum Gasteiger partial charge on any atom is 0.0426 e.